The van der Waals surface area contributed by atoms with E-state index in [1.54, 1.807) is 0 Å². The lowest BCUT2D eigenvalue weighted by atomic mass is 10.2. The lowest BCUT2D eigenvalue weighted by Gasteiger charge is -2.08. The number of non-ortho nitro benzene ring substituents is 1. The normalized spacial score (nSPS) is 10.0. The first-order chi connectivity index (χ1) is 10.6. The molecule has 22 heavy (non-hydrogen) atoms. The van der Waals surface area contributed by atoms with Crippen LogP contribution in [0.5, 0.6) is 5.75 Å². The molecule has 0 aliphatic rings. The molecule has 7 heteroatoms. The van der Waals surface area contributed by atoms with Crippen molar-refractivity contribution in [3.63, 3.8) is 0 Å². The second-order valence-corrected chi connectivity index (χ2v) is 4.75. The SMILES string of the molecule is O=C(NCCOc1ccccc1)c1ccc([N+](=O)[O-])cc1Cl. The number of carbonyl (C=O) groups is 1. The number of para-hydroxylation sites is 1. The highest BCUT2D eigenvalue weighted by Crippen LogP contribution is 2.22. The summed E-state index contributed by atoms with van der Waals surface area (Å²) in [4.78, 5) is 22.0. The van der Waals surface area contributed by atoms with Crippen LogP contribution >= 0.6 is 11.6 Å². The molecule has 2 rings (SSSR count). The molecule has 2 aromatic rings. The van der Waals surface area contributed by atoms with Gasteiger partial charge in [-0.05, 0) is 18.2 Å². The van der Waals surface area contributed by atoms with Gasteiger partial charge in [0.05, 0.1) is 22.1 Å². The maximum atomic E-state index is 11.9. The van der Waals surface area contributed by atoms with E-state index >= 15 is 0 Å². The summed E-state index contributed by atoms with van der Waals surface area (Å²) < 4.78 is 5.44. The van der Waals surface area contributed by atoms with Crippen LogP contribution in [0.15, 0.2) is 48.5 Å². The summed E-state index contributed by atoms with van der Waals surface area (Å²) in [5.74, 6) is 0.307. The monoisotopic (exact) mass is 320 g/mol. The fraction of sp³-hybridized carbons (Fsp3) is 0.133. The molecule has 0 heterocycles. The van der Waals surface area contributed by atoms with E-state index in [1.165, 1.54) is 12.1 Å². The van der Waals surface area contributed by atoms with Gasteiger partial charge in [-0.3, -0.25) is 14.9 Å². The Balaban J connectivity index is 1.86. The van der Waals surface area contributed by atoms with E-state index in [2.05, 4.69) is 5.32 Å². The number of hydrogen-bond donors (Lipinski definition) is 1. The van der Waals surface area contributed by atoms with Crippen molar-refractivity contribution in [2.45, 2.75) is 0 Å². The van der Waals surface area contributed by atoms with Crippen LogP contribution in [0.25, 0.3) is 0 Å². The van der Waals surface area contributed by atoms with Gasteiger partial charge in [-0.1, -0.05) is 29.8 Å². The number of amides is 1. The molecular formula is C15H13ClN2O4. The zero-order chi connectivity index (χ0) is 15.9. The Morgan fingerprint density at radius 2 is 1.95 bits per heavy atom. The molecule has 2 aromatic carbocycles. The molecule has 0 aromatic heterocycles. The fourth-order valence-electron chi connectivity index (χ4n) is 1.75. The smallest absolute Gasteiger partial charge is 0.270 e. The molecule has 0 unspecified atom stereocenters. The molecule has 0 spiro atoms. The van der Waals surface area contributed by atoms with Gasteiger partial charge in [-0.15, -0.1) is 0 Å². The highest BCUT2D eigenvalue weighted by Gasteiger charge is 2.14. The third-order valence-electron chi connectivity index (χ3n) is 2.81. The summed E-state index contributed by atoms with van der Waals surface area (Å²) in [6.07, 6.45) is 0. The highest BCUT2D eigenvalue weighted by atomic mass is 35.5. The maximum Gasteiger partial charge on any atom is 0.270 e. The van der Waals surface area contributed by atoms with Gasteiger partial charge in [-0.25, -0.2) is 0 Å². The number of rotatable bonds is 6. The minimum absolute atomic E-state index is 0.0377. The van der Waals surface area contributed by atoms with Crippen LogP contribution in [-0.2, 0) is 0 Å². The van der Waals surface area contributed by atoms with E-state index in [-0.39, 0.29) is 16.3 Å². The average Bonchev–Trinajstić information content (AvgIpc) is 2.52. The maximum absolute atomic E-state index is 11.9. The van der Waals surface area contributed by atoms with Crippen molar-refractivity contribution in [2.75, 3.05) is 13.2 Å². The van der Waals surface area contributed by atoms with Gasteiger partial charge < -0.3 is 10.1 Å². The van der Waals surface area contributed by atoms with Crippen molar-refractivity contribution in [2.24, 2.45) is 0 Å². The predicted octanol–water partition coefficient (Wildman–Crippen LogP) is 3.06. The molecule has 114 valence electrons. The number of nitrogens with zero attached hydrogens (tertiary/aromatic N) is 1. The van der Waals surface area contributed by atoms with Crippen LogP contribution < -0.4 is 10.1 Å². The predicted molar refractivity (Wildman–Crippen MR) is 82.4 cm³/mol. The van der Waals surface area contributed by atoms with Gasteiger partial charge in [0.1, 0.15) is 12.4 Å². The van der Waals surface area contributed by atoms with Crippen molar-refractivity contribution in [3.8, 4) is 5.75 Å². The first-order valence-electron chi connectivity index (χ1n) is 6.48. The van der Waals surface area contributed by atoms with E-state index in [1.807, 2.05) is 30.3 Å². The Bertz CT molecular complexity index is 676. The zero-order valence-electron chi connectivity index (χ0n) is 11.5. The first kappa shape index (κ1) is 15.8. The molecular weight excluding hydrogens is 308 g/mol. The van der Waals surface area contributed by atoms with Crippen molar-refractivity contribution in [1.82, 2.24) is 5.32 Å². The second-order valence-electron chi connectivity index (χ2n) is 4.34. The van der Waals surface area contributed by atoms with Crippen molar-refractivity contribution < 1.29 is 14.5 Å². The van der Waals surface area contributed by atoms with E-state index in [0.29, 0.717) is 18.9 Å². The molecule has 0 radical (unpaired) electrons. The Morgan fingerprint density at radius 3 is 2.59 bits per heavy atom. The summed E-state index contributed by atoms with van der Waals surface area (Å²) in [5.41, 5.74) is 0.0286. The van der Waals surface area contributed by atoms with Gasteiger partial charge in [0.25, 0.3) is 11.6 Å². The molecule has 0 fully saturated rings. The van der Waals surface area contributed by atoms with E-state index < -0.39 is 10.8 Å². The van der Waals surface area contributed by atoms with E-state index in [0.717, 1.165) is 6.07 Å². The number of nitro groups is 1. The third kappa shape index (κ3) is 4.20. The minimum atomic E-state index is -0.568. The number of halogens is 1. The van der Waals surface area contributed by atoms with Crippen LogP contribution in [0.3, 0.4) is 0 Å². The number of ether oxygens (including phenoxy) is 1. The van der Waals surface area contributed by atoms with Crippen LogP contribution in [0.2, 0.25) is 5.02 Å². The quantitative estimate of drug-likeness (QED) is 0.504. The summed E-state index contributed by atoms with van der Waals surface area (Å²) in [6, 6.07) is 12.9. The van der Waals surface area contributed by atoms with Gasteiger partial charge in [0.2, 0.25) is 0 Å². The molecule has 0 aliphatic carbocycles. The zero-order valence-corrected chi connectivity index (χ0v) is 12.2. The number of nitrogens with one attached hydrogen (secondary N) is 1. The Morgan fingerprint density at radius 1 is 1.23 bits per heavy atom. The van der Waals surface area contributed by atoms with Crippen molar-refractivity contribution >= 4 is 23.2 Å². The fourth-order valence-corrected chi connectivity index (χ4v) is 2.01. The Hall–Kier alpha value is -2.60. The molecule has 0 saturated heterocycles. The highest BCUT2D eigenvalue weighted by molar-refractivity contribution is 6.34. The molecule has 0 bridgehead atoms. The van der Waals surface area contributed by atoms with Crippen LogP contribution in [-0.4, -0.2) is 24.0 Å². The molecule has 0 saturated carbocycles. The number of hydrogen-bond acceptors (Lipinski definition) is 4. The molecule has 0 aliphatic heterocycles. The lowest BCUT2D eigenvalue weighted by Crippen LogP contribution is -2.28. The van der Waals surface area contributed by atoms with Gasteiger partial charge >= 0.3 is 0 Å². The molecule has 0 atom stereocenters. The Labute approximate surface area is 131 Å². The Kier molecular flexibility index (Phi) is 5.32. The number of nitro benzene ring substituents is 1. The van der Waals surface area contributed by atoms with Crippen LogP contribution in [0.1, 0.15) is 10.4 Å². The van der Waals surface area contributed by atoms with Gasteiger partial charge in [0, 0.05) is 12.1 Å². The number of carbonyl (C=O) groups excluding carboxylic acids is 1. The standard InChI is InChI=1S/C15H13ClN2O4/c16-14-10-11(18(20)21)6-7-13(14)15(19)17-8-9-22-12-4-2-1-3-5-12/h1-7,10H,8-9H2,(H,17,19). The molecule has 6 nitrogen and oxygen atoms in total. The number of benzene rings is 2. The third-order valence-corrected chi connectivity index (χ3v) is 3.12. The van der Waals surface area contributed by atoms with E-state index in [4.69, 9.17) is 16.3 Å². The van der Waals surface area contributed by atoms with Crippen molar-refractivity contribution in [1.29, 1.82) is 0 Å². The van der Waals surface area contributed by atoms with Crippen molar-refractivity contribution in [3.05, 3.63) is 69.2 Å². The second kappa shape index (κ2) is 7.42. The average molecular weight is 321 g/mol. The largest absolute Gasteiger partial charge is 0.492 e. The molecule has 1 amide bonds. The summed E-state index contributed by atoms with van der Waals surface area (Å²) in [7, 11) is 0. The van der Waals surface area contributed by atoms with E-state index in [9.17, 15) is 14.9 Å². The first-order valence-corrected chi connectivity index (χ1v) is 6.85. The van der Waals surface area contributed by atoms with Gasteiger partial charge in [0.15, 0.2) is 0 Å². The summed E-state index contributed by atoms with van der Waals surface area (Å²) >= 11 is 5.88. The van der Waals surface area contributed by atoms with Crippen LogP contribution in [0, 0.1) is 10.1 Å². The minimum Gasteiger partial charge on any atom is -0.492 e. The van der Waals surface area contributed by atoms with Gasteiger partial charge in [-0.2, -0.15) is 0 Å². The van der Waals surface area contributed by atoms with Crippen LogP contribution in [0.4, 0.5) is 5.69 Å². The summed E-state index contributed by atoms with van der Waals surface area (Å²) in [6.45, 7) is 0.599. The summed E-state index contributed by atoms with van der Waals surface area (Å²) in [5, 5.41) is 13.3. The lowest BCUT2D eigenvalue weighted by molar-refractivity contribution is -0.384. The molecule has 1 N–H and O–H groups in total. The topological polar surface area (TPSA) is 81.5 Å².